The van der Waals surface area contributed by atoms with Gasteiger partial charge in [0.2, 0.25) is 17.7 Å². The highest BCUT2D eigenvalue weighted by Gasteiger charge is 2.32. The van der Waals surface area contributed by atoms with E-state index < -0.39 is 85.2 Å². The monoisotopic (exact) mass is 476 g/mol. The zero-order valence-electron chi connectivity index (χ0n) is 18.6. The number of aliphatic hydroxyl groups excluding tert-OH is 1. The number of carboxylic acid groups (broad SMARTS) is 3. The first-order valence-electron chi connectivity index (χ1n) is 10.2. The molecule has 5 unspecified atom stereocenters. The first-order valence-corrected chi connectivity index (χ1v) is 10.2. The number of carbonyl (C=O) groups is 6. The van der Waals surface area contributed by atoms with Crippen molar-refractivity contribution in [3.05, 3.63) is 0 Å². The zero-order chi connectivity index (χ0) is 25.9. The summed E-state index contributed by atoms with van der Waals surface area (Å²) < 4.78 is 0. The molecule has 33 heavy (non-hydrogen) atoms. The van der Waals surface area contributed by atoms with Crippen LogP contribution < -0.4 is 21.7 Å². The maximum atomic E-state index is 12.7. The molecule has 0 bridgehead atoms. The summed E-state index contributed by atoms with van der Waals surface area (Å²) in [5.41, 5.74) is 5.50. The Labute approximate surface area is 189 Å². The Morgan fingerprint density at radius 1 is 0.758 bits per heavy atom. The van der Waals surface area contributed by atoms with Crippen molar-refractivity contribution in [3.8, 4) is 0 Å². The molecule has 0 aliphatic heterocycles. The SMILES string of the molecule is CC(C)CC(NC(=O)C(CC(=O)O)NC(=O)C(CCC(=O)O)NC(=O)C(N)C(C)O)C(=O)O. The molecule has 188 valence electrons. The van der Waals surface area contributed by atoms with E-state index >= 15 is 0 Å². The molecular formula is C19H32N4O10. The van der Waals surface area contributed by atoms with Crippen molar-refractivity contribution in [1.29, 1.82) is 0 Å². The number of hydrogen-bond acceptors (Lipinski definition) is 8. The predicted molar refractivity (Wildman–Crippen MR) is 112 cm³/mol. The van der Waals surface area contributed by atoms with Gasteiger partial charge in [-0.1, -0.05) is 13.8 Å². The third kappa shape index (κ3) is 11.8. The average molecular weight is 476 g/mol. The van der Waals surface area contributed by atoms with E-state index in [2.05, 4.69) is 16.0 Å². The molecule has 0 aliphatic carbocycles. The van der Waals surface area contributed by atoms with Crippen LogP contribution in [-0.2, 0) is 28.8 Å². The number of carboxylic acids is 3. The van der Waals surface area contributed by atoms with Gasteiger partial charge < -0.3 is 42.1 Å². The summed E-state index contributed by atoms with van der Waals surface area (Å²) in [5.74, 6) is -7.38. The molecule has 0 aromatic heterocycles. The molecule has 9 N–H and O–H groups in total. The van der Waals surface area contributed by atoms with Crippen LogP contribution in [0.3, 0.4) is 0 Å². The first kappa shape index (κ1) is 29.7. The third-order valence-corrected chi connectivity index (χ3v) is 4.44. The van der Waals surface area contributed by atoms with Gasteiger partial charge in [-0.05, 0) is 25.7 Å². The van der Waals surface area contributed by atoms with Crippen molar-refractivity contribution >= 4 is 35.6 Å². The van der Waals surface area contributed by atoms with Gasteiger partial charge in [0.05, 0.1) is 12.5 Å². The van der Waals surface area contributed by atoms with Gasteiger partial charge in [-0.2, -0.15) is 0 Å². The topological polar surface area (TPSA) is 245 Å². The molecule has 0 saturated carbocycles. The van der Waals surface area contributed by atoms with Crippen LogP contribution in [-0.4, -0.2) is 86.3 Å². The fourth-order valence-electron chi connectivity index (χ4n) is 2.65. The molecule has 5 atom stereocenters. The van der Waals surface area contributed by atoms with Crippen molar-refractivity contribution in [2.45, 2.75) is 76.7 Å². The molecule has 0 aromatic carbocycles. The summed E-state index contributed by atoms with van der Waals surface area (Å²) in [7, 11) is 0. The number of aliphatic hydroxyl groups is 1. The van der Waals surface area contributed by atoms with Gasteiger partial charge in [-0.15, -0.1) is 0 Å². The summed E-state index contributed by atoms with van der Waals surface area (Å²) in [5, 5.41) is 43.1. The maximum Gasteiger partial charge on any atom is 0.326 e. The Bertz CT molecular complexity index is 740. The molecule has 0 saturated heterocycles. The van der Waals surface area contributed by atoms with Crippen LogP contribution in [0.5, 0.6) is 0 Å². The lowest BCUT2D eigenvalue weighted by atomic mass is 10.0. The van der Waals surface area contributed by atoms with Crippen LogP contribution in [0.25, 0.3) is 0 Å². The van der Waals surface area contributed by atoms with Crippen LogP contribution in [0.4, 0.5) is 0 Å². The molecule has 0 aromatic rings. The fourth-order valence-corrected chi connectivity index (χ4v) is 2.65. The van der Waals surface area contributed by atoms with Crippen LogP contribution in [0, 0.1) is 5.92 Å². The van der Waals surface area contributed by atoms with Gasteiger partial charge in [0.25, 0.3) is 0 Å². The van der Waals surface area contributed by atoms with E-state index in [-0.39, 0.29) is 12.3 Å². The minimum Gasteiger partial charge on any atom is -0.481 e. The number of nitrogens with one attached hydrogen (secondary N) is 3. The third-order valence-electron chi connectivity index (χ3n) is 4.44. The molecule has 0 heterocycles. The maximum absolute atomic E-state index is 12.7. The first-order chi connectivity index (χ1) is 15.1. The number of amides is 3. The van der Waals surface area contributed by atoms with Crippen molar-refractivity contribution in [2.75, 3.05) is 0 Å². The molecule has 14 heteroatoms. The second kappa shape index (κ2) is 14.0. The Hall–Kier alpha value is -3.26. The molecule has 3 amide bonds. The molecular weight excluding hydrogens is 444 g/mol. The zero-order valence-corrected chi connectivity index (χ0v) is 18.6. The summed E-state index contributed by atoms with van der Waals surface area (Å²) >= 11 is 0. The highest BCUT2D eigenvalue weighted by atomic mass is 16.4. The molecule has 0 rings (SSSR count). The van der Waals surface area contributed by atoms with E-state index in [1.54, 1.807) is 13.8 Å². The molecule has 0 aliphatic rings. The standard InChI is InChI=1S/C19H32N4O10/c1-8(2)6-12(19(32)33)23-17(30)11(7-14(27)28)22-16(29)10(4-5-13(25)26)21-18(31)15(20)9(3)24/h8-12,15,24H,4-7,20H2,1-3H3,(H,21,31)(H,22,29)(H,23,30)(H,25,26)(H,27,28)(H,32,33). The Kier molecular flexibility index (Phi) is 12.6. The normalized spacial score (nSPS) is 15.5. The van der Waals surface area contributed by atoms with Gasteiger partial charge >= 0.3 is 17.9 Å². The molecule has 0 fully saturated rings. The van der Waals surface area contributed by atoms with Crippen LogP contribution >= 0.6 is 0 Å². The largest absolute Gasteiger partial charge is 0.481 e. The average Bonchev–Trinajstić information content (AvgIpc) is 2.67. The second-order valence-corrected chi connectivity index (χ2v) is 7.95. The van der Waals surface area contributed by atoms with Crippen molar-refractivity contribution in [3.63, 3.8) is 0 Å². The van der Waals surface area contributed by atoms with Crippen molar-refractivity contribution in [1.82, 2.24) is 16.0 Å². The van der Waals surface area contributed by atoms with E-state index in [0.29, 0.717) is 0 Å². The van der Waals surface area contributed by atoms with Gasteiger partial charge in [-0.25, -0.2) is 4.79 Å². The number of nitrogens with two attached hydrogens (primary N) is 1. The van der Waals surface area contributed by atoms with Crippen LogP contribution in [0.2, 0.25) is 0 Å². The quantitative estimate of drug-likeness (QED) is 0.124. The fraction of sp³-hybridized carbons (Fsp3) is 0.684. The highest BCUT2D eigenvalue weighted by Crippen LogP contribution is 2.07. The lowest BCUT2D eigenvalue weighted by Crippen LogP contribution is -2.58. The predicted octanol–water partition coefficient (Wildman–Crippen LogP) is -2.38. The number of rotatable bonds is 15. The van der Waals surface area contributed by atoms with E-state index in [9.17, 15) is 39.0 Å². The van der Waals surface area contributed by atoms with Crippen molar-refractivity contribution in [2.24, 2.45) is 11.7 Å². The lowest BCUT2D eigenvalue weighted by molar-refractivity contribution is -0.144. The molecule has 0 radical (unpaired) electrons. The van der Waals surface area contributed by atoms with Crippen molar-refractivity contribution < 1.29 is 49.2 Å². The van der Waals surface area contributed by atoms with E-state index in [0.717, 1.165) is 0 Å². The minimum atomic E-state index is -1.71. The van der Waals surface area contributed by atoms with Gasteiger partial charge in [0.15, 0.2) is 0 Å². The van der Waals surface area contributed by atoms with Crippen LogP contribution in [0.15, 0.2) is 0 Å². The Balaban J connectivity index is 5.59. The molecule has 0 spiro atoms. The summed E-state index contributed by atoms with van der Waals surface area (Å²) in [6.45, 7) is 4.65. The summed E-state index contributed by atoms with van der Waals surface area (Å²) in [6.07, 6.45) is -3.13. The van der Waals surface area contributed by atoms with Gasteiger partial charge in [0.1, 0.15) is 24.2 Å². The van der Waals surface area contributed by atoms with E-state index in [1.807, 2.05) is 0 Å². The lowest BCUT2D eigenvalue weighted by Gasteiger charge is -2.25. The summed E-state index contributed by atoms with van der Waals surface area (Å²) in [6, 6.07) is -6.00. The molecule has 14 nitrogen and oxygen atoms in total. The highest BCUT2D eigenvalue weighted by molar-refractivity contribution is 5.95. The van der Waals surface area contributed by atoms with Gasteiger partial charge in [-0.3, -0.25) is 24.0 Å². The summed E-state index contributed by atoms with van der Waals surface area (Å²) in [4.78, 5) is 70.8. The Morgan fingerprint density at radius 3 is 1.67 bits per heavy atom. The van der Waals surface area contributed by atoms with E-state index in [4.69, 9.17) is 15.9 Å². The second-order valence-electron chi connectivity index (χ2n) is 7.95. The smallest absolute Gasteiger partial charge is 0.326 e. The van der Waals surface area contributed by atoms with Gasteiger partial charge in [0, 0.05) is 6.42 Å². The van der Waals surface area contributed by atoms with Crippen LogP contribution in [0.1, 0.15) is 46.5 Å². The number of carbonyl (C=O) groups excluding carboxylic acids is 3. The number of aliphatic carboxylic acids is 3. The number of hydrogen-bond donors (Lipinski definition) is 8. The minimum absolute atomic E-state index is 0.0450. The van der Waals surface area contributed by atoms with E-state index in [1.165, 1.54) is 6.92 Å². The Morgan fingerprint density at radius 2 is 1.24 bits per heavy atom.